The monoisotopic (exact) mass is 500 g/mol. The lowest BCUT2D eigenvalue weighted by Gasteiger charge is -2.15. The van der Waals surface area contributed by atoms with Gasteiger partial charge < -0.3 is 10.1 Å². The molecule has 0 unspecified atom stereocenters. The Hall–Kier alpha value is -3.36. The van der Waals surface area contributed by atoms with Gasteiger partial charge in [-0.3, -0.25) is 9.52 Å². The summed E-state index contributed by atoms with van der Waals surface area (Å²) in [5, 5.41) is 2.70. The molecule has 2 N–H and O–H groups in total. The molecule has 0 heterocycles. The average molecular weight is 501 g/mol. The highest BCUT2D eigenvalue weighted by molar-refractivity contribution is 7.92. The third kappa shape index (κ3) is 5.40. The van der Waals surface area contributed by atoms with Crippen molar-refractivity contribution in [2.45, 2.75) is 32.6 Å². The molecule has 0 aromatic heterocycles. The molecule has 0 aliphatic carbocycles. The zero-order chi connectivity index (χ0) is 25.0. The van der Waals surface area contributed by atoms with Crippen LogP contribution in [0.5, 0.6) is 0 Å². The van der Waals surface area contributed by atoms with Gasteiger partial charge in [-0.1, -0.05) is 29.8 Å². The summed E-state index contributed by atoms with van der Waals surface area (Å²) in [6.07, 6.45) is 0. The Kier molecular flexibility index (Phi) is 7.64. The van der Waals surface area contributed by atoms with Gasteiger partial charge in [0.15, 0.2) is 0 Å². The van der Waals surface area contributed by atoms with Crippen molar-refractivity contribution in [2.75, 3.05) is 16.6 Å². The fourth-order valence-corrected chi connectivity index (χ4v) is 4.96. The molecule has 0 aliphatic heterocycles. The van der Waals surface area contributed by atoms with E-state index in [1.165, 1.54) is 18.2 Å². The van der Waals surface area contributed by atoms with Crippen LogP contribution < -0.4 is 10.0 Å². The highest BCUT2D eigenvalue weighted by Crippen LogP contribution is 2.28. The summed E-state index contributed by atoms with van der Waals surface area (Å²) in [5.41, 5.74) is 3.50. The van der Waals surface area contributed by atoms with E-state index in [0.717, 1.165) is 11.1 Å². The minimum atomic E-state index is -4.07. The molecule has 0 atom stereocenters. The Morgan fingerprint density at radius 2 is 1.62 bits per heavy atom. The lowest BCUT2D eigenvalue weighted by molar-refractivity contribution is 0.0525. The number of carbonyl (C=O) groups excluding carboxylic acids is 2. The van der Waals surface area contributed by atoms with Crippen molar-refractivity contribution in [1.82, 2.24) is 0 Å². The van der Waals surface area contributed by atoms with Crippen LogP contribution in [0.2, 0.25) is 5.02 Å². The molecule has 0 fully saturated rings. The summed E-state index contributed by atoms with van der Waals surface area (Å²) < 4.78 is 33.7. The number of hydrogen-bond acceptors (Lipinski definition) is 5. The van der Waals surface area contributed by atoms with Crippen molar-refractivity contribution in [2.24, 2.45) is 0 Å². The van der Waals surface area contributed by atoms with Crippen molar-refractivity contribution < 1.29 is 22.7 Å². The van der Waals surface area contributed by atoms with E-state index in [9.17, 15) is 18.0 Å². The van der Waals surface area contributed by atoms with Crippen molar-refractivity contribution in [3.05, 3.63) is 87.4 Å². The number of hydrogen-bond donors (Lipinski definition) is 2. The first-order valence-corrected chi connectivity index (χ1v) is 12.4. The van der Waals surface area contributed by atoms with Gasteiger partial charge in [0.2, 0.25) is 0 Å². The smallest absolute Gasteiger partial charge is 0.338 e. The molecule has 0 aliphatic rings. The van der Waals surface area contributed by atoms with Crippen LogP contribution in [0.1, 0.15) is 44.3 Å². The second-order valence-electron chi connectivity index (χ2n) is 7.65. The van der Waals surface area contributed by atoms with Gasteiger partial charge in [0.05, 0.1) is 22.9 Å². The molecule has 0 saturated heterocycles. The van der Waals surface area contributed by atoms with Crippen molar-refractivity contribution in [1.29, 1.82) is 0 Å². The molecule has 3 aromatic rings. The number of esters is 1. The molecule has 7 nitrogen and oxygen atoms in total. The van der Waals surface area contributed by atoms with E-state index in [4.69, 9.17) is 16.3 Å². The molecule has 0 spiro atoms. The van der Waals surface area contributed by atoms with Gasteiger partial charge >= 0.3 is 5.97 Å². The van der Waals surface area contributed by atoms with E-state index in [0.29, 0.717) is 22.5 Å². The largest absolute Gasteiger partial charge is 0.462 e. The number of halogens is 1. The van der Waals surface area contributed by atoms with Crippen LogP contribution in [0.15, 0.2) is 59.5 Å². The van der Waals surface area contributed by atoms with Crippen LogP contribution in [0.3, 0.4) is 0 Å². The third-order valence-electron chi connectivity index (χ3n) is 5.41. The first-order valence-electron chi connectivity index (χ1n) is 10.5. The minimum Gasteiger partial charge on any atom is -0.462 e. The number of anilines is 2. The average Bonchev–Trinajstić information content (AvgIpc) is 2.78. The molecular formula is C25H25ClN2O5S. The van der Waals surface area contributed by atoms with Crippen molar-refractivity contribution in [3.8, 4) is 0 Å². The van der Waals surface area contributed by atoms with E-state index in [1.54, 1.807) is 44.2 Å². The molecule has 1 amide bonds. The quantitative estimate of drug-likeness (QED) is 0.417. The molecular weight excluding hydrogens is 476 g/mol. The first-order chi connectivity index (χ1) is 16.0. The van der Waals surface area contributed by atoms with Gasteiger partial charge in [-0.25, -0.2) is 13.2 Å². The lowest BCUT2D eigenvalue weighted by atomic mass is 10.1. The van der Waals surface area contributed by atoms with Crippen molar-refractivity contribution in [3.63, 3.8) is 0 Å². The van der Waals surface area contributed by atoms with E-state index in [2.05, 4.69) is 10.0 Å². The van der Waals surface area contributed by atoms with Gasteiger partial charge in [-0.05, 0) is 80.8 Å². The van der Waals surface area contributed by atoms with Gasteiger partial charge in [0.1, 0.15) is 4.90 Å². The Balaban J connectivity index is 1.90. The van der Waals surface area contributed by atoms with Crippen LogP contribution in [0, 0.1) is 20.8 Å². The van der Waals surface area contributed by atoms with Gasteiger partial charge in [-0.15, -0.1) is 0 Å². The number of benzene rings is 3. The Labute approximate surface area is 204 Å². The van der Waals surface area contributed by atoms with Crippen LogP contribution in [0.25, 0.3) is 0 Å². The summed E-state index contributed by atoms with van der Waals surface area (Å²) in [5.74, 6) is -1.04. The number of rotatable bonds is 7. The molecule has 34 heavy (non-hydrogen) atoms. The van der Waals surface area contributed by atoms with Gasteiger partial charge in [0, 0.05) is 11.3 Å². The van der Waals surface area contributed by atoms with Crippen LogP contribution in [0.4, 0.5) is 11.4 Å². The zero-order valence-corrected chi connectivity index (χ0v) is 20.8. The van der Waals surface area contributed by atoms with Crippen LogP contribution >= 0.6 is 11.6 Å². The van der Waals surface area contributed by atoms with E-state index in [1.807, 2.05) is 19.9 Å². The Bertz CT molecular complexity index is 1370. The maximum Gasteiger partial charge on any atom is 0.338 e. The maximum atomic E-state index is 13.1. The number of nitrogens with one attached hydrogen (secondary N) is 2. The predicted octanol–water partition coefficient (Wildman–Crippen LogP) is 5.50. The Morgan fingerprint density at radius 1 is 0.941 bits per heavy atom. The fraction of sp³-hybridized carbons (Fsp3) is 0.200. The second-order valence-corrected chi connectivity index (χ2v) is 9.71. The van der Waals surface area contributed by atoms with E-state index in [-0.39, 0.29) is 22.1 Å². The number of carbonyl (C=O) groups is 2. The molecule has 3 aromatic carbocycles. The standard InChI is InChI=1S/C25H25ClN2O5S/c1-5-33-25(30)19-9-7-10-21(17(19)4)27-24(29)18-12-13-20(26)23(14-18)34(31,32)28-22-11-6-8-15(2)16(22)3/h6-14,28H,5H2,1-4H3,(H,27,29). The van der Waals surface area contributed by atoms with Gasteiger partial charge in [-0.2, -0.15) is 0 Å². The molecule has 3 rings (SSSR count). The Morgan fingerprint density at radius 3 is 2.32 bits per heavy atom. The molecule has 178 valence electrons. The summed E-state index contributed by atoms with van der Waals surface area (Å²) in [6.45, 7) is 7.32. The van der Waals surface area contributed by atoms with Crippen molar-refractivity contribution >= 4 is 44.9 Å². The maximum absolute atomic E-state index is 13.1. The number of aryl methyl sites for hydroxylation is 1. The lowest BCUT2D eigenvalue weighted by Crippen LogP contribution is -2.18. The van der Waals surface area contributed by atoms with Gasteiger partial charge in [0.25, 0.3) is 15.9 Å². The number of amides is 1. The highest BCUT2D eigenvalue weighted by Gasteiger charge is 2.22. The second kappa shape index (κ2) is 10.3. The summed E-state index contributed by atoms with van der Waals surface area (Å²) >= 11 is 6.19. The summed E-state index contributed by atoms with van der Waals surface area (Å²) in [6, 6.07) is 14.2. The zero-order valence-electron chi connectivity index (χ0n) is 19.2. The van der Waals surface area contributed by atoms with Crippen LogP contribution in [-0.2, 0) is 14.8 Å². The predicted molar refractivity (Wildman–Crippen MR) is 133 cm³/mol. The SMILES string of the molecule is CCOC(=O)c1cccc(NC(=O)c2ccc(Cl)c(S(=O)(=O)Nc3cccc(C)c3C)c2)c1C. The normalized spacial score (nSPS) is 11.1. The number of ether oxygens (including phenoxy) is 1. The molecule has 0 bridgehead atoms. The van der Waals surface area contributed by atoms with E-state index >= 15 is 0 Å². The highest BCUT2D eigenvalue weighted by atomic mass is 35.5. The first kappa shape index (κ1) is 25.3. The summed E-state index contributed by atoms with van der Waals surface area (Å²) in [7, 11) is -4.07. The molecule has 0 saturated carbocycles. The topological polar surface area (TPSA) is 102 Å². The number of sulfonamides is 1. The summed E-state index contributed by atoms with van der Waals surface area (Å²) in [4.78, 5) is 24.9. The third-order valence-corrected chi connectivity index (χ3v) is 7.26. The molecule has 9 heteroatoms. The fourth-order valence-electron chi connectivity index (χ4n) is 3.31. The molecule has 0 radical (unpaired) electrons. The minimum absolute atomic E-state index is 0.0187. The van der Waals surface area contributed by atoms with Crippen LogP contribution in [-0.4, -0.2) is 26.9 Å². The van der Waals surface area contributed by atoms with E-state index < -0.39 is 21.9 Å².